The van der Waals surface area contributed by atoms with Crippen LogP contribution in [0.2, 0.25) is 0 Å². The molecule has 0 N–H and O–H groups in total. The standard InChI is InChI=1S/C10H6NO.C5H9.ClH.Rh/c12-7-9-4-1-3-8-5-2-6-11-10(8)9;1-3-5-4-2;;/h1-6H;3-5H,1-2H3;1H;/q2*-1;;+3/p-1/b;5-3+;;. The molecule has 102 valence electrons. The van der Waals surface area contributed by atoms with Crippen LogP contribution in [0.25, 0.3) is 10.9 Å². The number of allylic oxidation sites excluding steroid dienone is 2. The number of halogens is 1. The van der Waals surface area contributed by atoms with E-state index in [9.17, 15) is 4.79 Å². The van der Waals surface area contributed by atoms with E-state index in [0.29, 0.717) is 5.56 Å². The molecule has 0 radical (unpaired) electrons. The molecule has 0 fully saturated rings. The first-order valence-electron chi connectivity index (χ1n) is 5.58. The molecule has 0 unspecified atom stereocenters. The van der Waals surface area contributed by atoms with Crippen molar-refractivity contribution in [2.24, 2.45) is 0 Å². The van der Waals surface area contributed by atoms with Crippen LogP contribution in [0.15, 0.2) is 48.7 Å². The molecule has 0 bridgehead atoms. The van der Waals surface area contributed by atoms with Gasteiger partial charge in [-0.2, -0.15) is 6.07 Å². The zero-order valence-corrected chi connectivity index (χ0v) is 13.2. The summed E-state index contributed by atoms with van der Waals surface area (Å²) in [6.07, 6.45) is 9.53. The third-order valence-corrected chi connectivity index (χ3v) is 2.13. The van der Waals surface area contributed by atoms with Gasteiger partial charge in [0.25, 0.3) is 0 Å². The van der Waals surface area contributed by atoms with E-state index in [0.717, 1.165) is 10.9 Å². The van der Waals surface area contributed by atoms with Crippen molar-refractivity contribution >= 4 is 26.9 Å². The summed E-state index contributed by atoms with van der Waals surface area (Å²) >= 11 is 2.02. The van der Waals surface area contributed by atoms with Gasteiger partial charge < -0.3 is 9.78 Å². The zero-order chi connectivity index (χ0) is 14.5. The Balaban J connectivity index is 0.000000396. The number of aromatic nitrogens is 1. The Labute approximate surface area is 128 Å². The maximum absolute atomic E-state index is 10.5. The summed E-state index contributed by atoms with van der Waals surface area (Å²) in [5.74, 6) is 0. The van der Waals surface area contributed by atoms with Gasteiger partial charge in [0.2, 0.25) is 0 Å². The molecule has 1 aromatic heterocycles. The molecule has 0 amide bonds. The Morgan fingerprint density at radius 1 is 1.32 bits per heavy atom. The van der Waals surface area contributed by atoms with Crippen molar-refractivity contribution in [3.8, 4) is 0 Å². The Bertz CT molecular complexity index is 509. The number of nitrogens with zero attached hydrogens (tertiary/aromatic N) is 1. The van der Waals surface area contributed by atoms with E-state index in [1.807, 2.05) is 80.3 Å². The van der Waals surface area contributed by atoms with Crippen LogP contribution in [0.4, 0.5) is 0 Å². The van der Waals surface area contributed by atoms with Crippen LogP contribution >= 0.6 is 9.69 Å². The van der Waals surface area contributed by atoms with Gasteiger partial charge in [-0.25, -0.2) is 18.6 Å². The van der Waals surface area contributed by atoms with E-state index >= 15 is 0 Å². The van der Waals surface area contributed by atoms with Crippen LogP contribution in [0, 0.1) is 6.42 Å². The number of hydrogen-bond acceptors (Lipinski definition) is 2. The van der Waals surface area contributed by atoms with Gasteiger partial charge in [0.05, 0.1) is 6.29 Å². The number of hydrogen-bond donors (Lipinski definition) is 0. The van der Waals surface area contributed by atoms with Crippen LogP contribution in [0.1, 0.15) is 19.4 Å². The van der Waals surface area contributed by atoms with E-state index in [1.165, 1.54) is 0 Å². The molecule has 0 aliphatic heterocycles. The number of para-hydroxylation sites is 1. The zero-order valence-electron chi connectivity index (χ0n) is 10.8. The molecule has 1 heterocycles. The van der Waals surface area contributed by atoms with Crippen molar-refractivity contribution in [3.05, 3.63) is 60.7 Å². The molecule has 0 saturated heterocycles. The molecule has 4 heteroatoms. The summed E-state index contributed by atoms with van der Waals surface area (Å²) in [5.41, 5.74) is 1.24. The monoisotopic (exact) mass is 363 g/mol. The number of fused-ring (bicyclic) bond motifs is 1. The molecule has 0 atom stereocenters. The normalized spacial score (nSPS) is 9.05. The molecule has 0 aliphatic rings. The second-order valence-electron chi connectivity index (χ2n) is 3.34. The molecular weight excluding hydrogens is 349 g/mol. The van der Waals surface area contributed by atoms with E-state index in [2.05, 4.69) is 14.7 Å². The average Bonchev–Trinajstić information content (AvgIpc) is 2.50. The molecule has 19 heavy (non-hydrogen) atoms. The average molecular weight is 364 g/mol. The summed E-state index contributed by atoms with van der Waals surface area (Å²) in [6.45, 7) is 4.00. The van der Waals surface area contributed by atoms with Crippen molar-refractivity contribution in [1.29, 1.82) is 0 Å². The number of benzene rings is 1. The summed E-state index contributed by atoms with van der Waals surface area (Å²) in [4.78, 5) is 14.5. The SMILES string of the molecule is C/C=C/[CH-]C.O=[C-]c1cccc2cccnc12.[Cl][Rh+2]. The minimum atomic E-state index is 0.521. The van der Waals surface area contributed by atoms with Crippen LogP contribution in [-0.4, -0.2) is 11.3 Å². The molecule has 0 spiro atoms. The maximum atomic E-state index is 10.5. The first kappa shape index (κ1) is 17.8. The van der Waals surface area contributed by atoms with Gasteiger partial charge >= 0.3 is 27.0 Å². The van der Waals surface area contributed by atoms with E-state index in [1.54, 1.807) is 12.3 Å². The topological polar surface area (TPSA) is 30.0 Å². The van der Waals surface area contributed by atoms with E-state index < -0.39 is 0 Å². The van der Waals surface area contributed by atoms with Gasteiger partial charge in [0, 0.05) is 6.20 Å². The fourth-order valence-electron chi connectivity index (χ4n) is 1.38. The molecule has 2 rings (SSSR count). The van der Waals surface area contributed by atoms with Crippen molar-refractivity contribution in [3.63, 3.8) is 0 Å². The van der Waals surface area contributed by atoms with E-state index in [4.69, 9.17) is 0 Å². The van der Waals surface area contributed by atoms with Gasteiger partial charge in [-0.05, 0) is 11.6 Å². The second kappa shape index (κ2) is 11.9. The summed E-state index contributed by atoms with van der Waals surface area (Å²) in [7, 11) is 4.53. The first-order chi connectivity index (χ1) is 9.33. The molecular formula is C15H15ClNORh. The Hall–Kier alpha value is -1.18. The molecule has 0 aliphatic carbocycles. The van der Waals surface area contributed by atoms with Gasteiger partial charge in [0.1, 0.15) is 0 Å². The molecule has 2 aromatic rings. The van der Waals surface area contributed by atoms with E-state index in [-0.39, 0.29) is 0 Å². The minimum absolute atomic E-state index is 0.521. The summed E-state index contributed by atoms with van der Waals surface area (Å²) in [6, 6.07) is 9.22. The van der Waals surface area contributed by atoms with Crippen molar-refractivity contribution in [1.82, 2.24) is 4.98 Å². The molecule has 0 saturated carbocycles. The Kier molecular flexibility index (Phi) is 11.2. The quantitative estimate of drug-likeness (QED) is 0.592. The number of pyridine rings is 1. The van der Waals surface area contributed by atoms with Gasteiger partial charge in [-0.15, -0.1) is 25.5 Å². The second-order valence-corrected chi connectivity index (χ2v) is 3.34. The Morgan fingerprint density at radius 3 is 2.53 bits per heavy atom. The van der Waals surface area contributed by atoms with Crippen molar-refractivity contribution in [2.75, 3.05) is 0 Å². The number of carbonyl (C=O) groups excluding carboxylic acids is 1. The third kappa shape index (κ3) is 6.51. The fourth-order valence-corrected chi connectivity index (χ4v) is 1.38. The van der Waals surface area contributed by atoms with Gasteiger partial charge in [-0.3, -0.25) is 0 Å². The summed E-state index contributed by atoms with van der Waals surface area (Å²) < 4.78 is 0. The fraction of sp³-hybridized carbons (Fsp3) is 0.133. The van der Waals surface area contributed by atoms with Crippen LogP contribution in [0.3, 0.4) is 0 Å². The summed E-state index contributed by atoms with van der Waals surface area (Å²) in [5, 5.41) is 0.971. The molecule has 2 nitrogen and oxygen atoms in total. The van der Waals surface area contributed by atoms with Crippen LogP contribution < -0.4 is 0 Å². The van der Waals surface area contributed by atoms with Crippen LogP contribution in [-0.2, 0) is 22.1 Å². The third-order valence-electron chi connectivity index (χ3n) is 2.13. The molecule has 1 aromatic carbocycles. The first-order valence-corrected chi connectivity index (χ1v) is 7.69. The van der Waals surface area contributed by atoms with Gasteiger partial charge in [-0.1, -0.05) is 17.5 Å². The predicted molar refractivity (Wildman–Crippen MR) is 77.2 cm³/mol. The Morgan fingerprint density at radius 2 is 2.00 bits per heavy atom. The van der Waals surface area contributed by atoms with Crippen LogP contribution in [0.5, 0.6) is 0 Å². The van der Waals surface area contributed by atoms with Crippen molar-refractivity contribution in [2.45, 2.75) is 13.8 Å². The predicted octanol–water partition coefficient (Wildman–Crippen LogP) is 4.17. The number of rotatable bonds is 2. The van der Waals surface area contributed by atoms with Crippen molar-refractivity contribution < 1.29 is 22.1 Å². The van der Waals surface area contributed by atoms with Gasteiger partial charge in [0.15, 0.2) is 0 Å².